The number of anilines is 2. The van der Waals surface area contributed by atoms with E-state index in [1.807, 2.05) is 27.8 Å². The van der Waals surface area contributed by atoms with E-state index in [4.69, 9.17) is 5.84 Å². The number of carbonyl (C=O) groups excluding carboxylic acids is 1. The highest BCUT2D eigenvalue weighted by Crippen LogP contribution is 2.23. The summed E-state index contributed by atoms with van der Waals surface area (Å²) in [5.41, 5.74) is 2.34. The van der Waals surface area contributed by atoms with Gasteiger partial charge in [-0.3, -0.25) is 4.79 Å². The number of hydrazine groups is 1. The van der Waals surface area contributed by atoms with Crippen molar-refractivity contribution >= 4 is 17.5 Å². The molecular weight excluding hydrogens is 256 g/mol. The third-order valence-electron chi connectivity index (χ3n) is 2.79. The Morgan fingerprint density at radius 2 is 1.90 bits per heavy atom. The van der Waals surface area contributed by atoms with Crippen LogP contribution in [0.1, 0.15) is 26.6 Å². The Hall–Kier alpha value is -1.89. The monoisotopic (exact) mass is 280 g/mol. The van der Waals surface area contributed by atoms with Gasteiger partial charge in [0.25, 0.3) is 0 Å². The molecule has 0 atom stereocenters. The Morgan fingerprint density at radius 3 is 2.35 bits per heavy atom. The first-order chi connectivity index (χ1) is 9.15. The molecule has 0 saturated heterocycles. The Morgan fingerprint density at radius 1 is 1.30 bits per heavy atom. The molecule has 0 aliphatic carbocycles. The summed E-state index contributed by atoms with van der Waals surface area (Å²) >= 11 is 0. The minimum Gasteiger partial charge on any atom is -0.350 e. The highest BCUT2D eigenvalue weighted by atomic mass is 16.2. The molecule has 112 valence electrons. The second kappa shape index (κ2) is 6.04. The number of nitrogens with two attached hydrogens (primary N) is 1. The van der Waals surface area contributed by atoms with Gasteiger partial charge in [-0.1, -0.05) is 20.8 Å². The summed E-state index contributed by atoms with van der Waals surface area (Å²) in [7, 11) is 5.27. The minimum atomic E-state index is -0.200. The molecule has 0 aliphatic heterocycles. The van der Waals surface area contributed by atoms with Gasteiger partial charge in [0.2, 0.25) is 5.91 Å². The predicted octanol–water partition coefficient (Wildman–Crippen LogP) is 0.584. The van der Waals surface area contributed by atoms with E-state index in [-0.39, 0.29) is 17.9 Å². The number of nitrogens with one attached hydrogen (secondary N) is 1. The molecule has 1 rings (SSSR count). The molecule has 1 heterocycles. The summed E-state index contributed by atoms with van der Waals surface area (Å²) in [4.78, 5) is 24.0. The Bertz CT molecular complexity index is 480. The summed E-state index contributed by atoms with van der Waals surface area (Å²) < 4.78 is 0. The number of hydrogen-bond acceptors (Lipinski definition) is 6. The standard InChI is InChI=1S/C13H24N6O/c1-13(2,3)12-15-9(17-14)7-10(16-12)19(6)8-11(20)18(4)5/h7H,8,14H2,1-6H3,(H,15,16,17). The first-order valence-electron chi connectivity index (χ1n) is 6.42. The number of amides is 1. The zero-order valence-electron chi connectivity index (χ0n) is 13.1. The van der Waals surface area contributed by atoms with Crippen LogP contribution in [-0.2, 0) is 10.2 Å². The third-order valence-corrected chi connectivity index (χ3v) is 2.79. The van der Waals surface area contributed by atoms with Gasteiger partial charge >= 0.3 is 0 Å². The molecular formula is C13H24N6O. The fourth-order valence-corrected chi connectivity index (χ4v) is 1.46. The van der Waals surface area contributed by atoms with Crippen molar-refractivity contribution in [3.05, 3.63) is 11.9 Å². The zero-order valence-corrected chi connectivity index (χ0v) is 13.1. The number of rotatable bonds is 4. The largest absolute Gasteiger partial charge is 0.350 e. The Balaban J connectivity index is 3.08. The lowest BCUT2D eigenvalue weighted by atomic mass is 9.96. The smallest absolute Gasteiger partial charge is 0.241 e. The first kappa shape index (κ1) is 16.2. The number of carbonyl (C=O) groups is 1. The molecule has 0 fully saturated rings. The van der Waals surface area contributed by atoms with Gasteiger partial charge in [-0.25, -0.2) is 15.8 Å². The third kappa shape index (κ3) is 4.06. The number of likely N-dealkylation sites (N-methyl/N-ethyl adjacent to an activating group) is 2. The van der Waals surface area contributed by atoms with E-state index in [1.165, 1.54) is 0 Å². The van der Waals surface area contributed by atoms with Crippen LogP contribution in [0.15, 0.2) is 6.07 Å². The molecule has 1 aromatic rings. The lowest BCUT2D eigenvalue weighted by Crippen LogP contribution is -2.35. The van der Waals surface area contributed by atoms with E-state index in [1.54, 1.807) is 30.0 Å². The predicted molar refractivity (Wildman–Crippen MR) is 80.5 cm³/mol. The molecule has 1 amide bonds. The quantitative estimate of drug-likeness (QED) is 0.620. The SMILES string of the molecule is CN(C)C(=O)CN(C)c1cc(NN)nc(C(C)(C)C)n1. The van der Waals surface area contributed by atoms with Crippen LogP contribution in [0.25, 0.3) is 0 Å². The average molecular weight is 280 g/mol. The maximum Gasteiger partial charge on any atom is 0.241 e. The molecule has 0 saturated carbocycles. The summed E-state index contributed by atoms with van der Waals surface area (Å²) in [6.07, 6.45) is 0. The van der Waals surface area contributed by atoms with E-state index in [9.17, 15) is 4.79 Å². The maximum absolute atomic E-state index is 11.8. The van der Waals surface area contributed by atoms with Crippen molar-refractivity contribution in [2.75, 3.05) is 38.0 Å². The van der Waals surface area contributed by atoms with Gasteiger partial charge in [-0.05, 0) is 0 Å². The van der Waals surface area contributed by atoms with Crippen molar-refractivity contribution in [2.45, 2.75) is 26.2 Å². The van der Waals surface area contributed by atoms with Crippen LogP contribution in [-0.4, -0.2) is 48.5 Å². The highest BCUT2D eigenvalue weighted by molar-refractivity contribution is 5.80. The van der Waals surface area contributed by atoms with E-state index < -0.39 is 0 Å². The van der Waals surface area contributed by atoms with Crippen LogP contribution in [0.3, 0.4) is 0 Å². The first-order valence-corrected chi connectivity index (χ1v) is 6.42. The van der Waals surface area contributed by atoms with Crippen molar-refractivity contribution in [1.82, 2.24) is 14.9 Å². The van der Waals surface area contributed by atoms with Gasteiger partial charge in [0, 0.05) is 32.6 Å². The topological polar surface area (TPSA) is 87.4 Å². The number of aromatic nitrogens is 2. The van der Waals surface area contributed by atoms with Crippen molar-refractivity contribution in [1.29, 1.82) is 0 Å². The van der Waals surface area contributed by atoms with E-state index in [2.05, 4.69) is 15.4 Å². The molecule has 20 heavy (non-hydrogen) atoms. The van der Waals surface area contributed by atoms with Crippen LogP contribution in [0.2, 0.25) is 0 Å². The van der Waals surface area contributed by atoms with Crippen molar-refractivity contribution in [3.8, 4) is 0 Å². The molecule has 0 aliphatic rings. The lowest BCUT2D eigenvalue weighted by molar-refractivity contribution is -0.127. The van der Waals surface area contributed by atoms with E-state index in [0.29, 0.717) is 17.5 Å². The summed E-state index contributed by atoms with van der Waals surface area (Å²) in [5.74, 6) is 7.32. The van der Waals surface area contributed by atoms with Gasteiger partial charge in [0.1, 0.15) is 17.5 Å². The Kier molecular flexibility index (Phi) is 4.88. The zero-order chi connectivity index (χ0) is 15.5. The fourth-order valence-electron chi connectivity index (χ4n) is 1.46. The van der Waals surface area contributed by atoms with Crippen molar-refractivity contribution < 1.29 is 4.79 Å². The summed E-state index contributed by atoms with van der Waals surface area (Å²) in [6, 6.07) is 1.72. The average Bonchev–Trinajstić information content (AvgIpc) is 2.36. The van der Waals surface area contributed by atoms with Gasteiger partial charge in [-0.2, -0.15) is 0 Å². The molecule has 0 spiro atoms. The second-order valence-electron chi connectivity index (χ2n) is 5.97. The molecule has 3 N–H and O–H groups in total. The van der Waals surface area contributed by atoms with Crippen LogP contribution in [0, 0.1) is 0 Å². The molecule has 0 unspecified atom stereocenters. The van der Waals surface area contributed by atoms with Crippen LogP contribution in [0.5, 0.6) is 0 Å². The molecule has 7 nitrogen and oxygen atoms in total. The number of hydrogen-bond donors (Lipinski definition) is 2. The van der Waals surface area contributed by atoms with Crippen LogP contribution >= 0.6 is 0 Å². The molecule has 7 heteroatoms. The summed E-state index contributed by atoms with van der Waals surface area (Å²) in [5, 5.41) is 0. The van der Waals surface area contributed by atoms with Gasteiger partial charge in [0.05, 0.1) is 6.54 Å². The highest BCUT2D eigenvalue weighted by Gasteiger charge is 2.20. The van der Waals surface area contributed by atoms with Crippen molar-refractivity contribution in [3.63, 3.8) is 0 Å². The maximum atomic E-state index is 11.8. The van der Waals surface area contributed by atoms with Gasteiger partial charge in [0.15, 0.2) is 0 Å². The molecule has 0 aromatic carbocycles. The number of nitrogen functional groups attached to an aromatic ring is 1. The van der Waals surface area contributed by atoms with E-state index in [0.717, 1.165) is 0 Å². The second-order valence-corrected chi connectivity index (χ2v) is 5.97. The Labute approximate surface area is 120 Å². The van der Waals surface area contributed by atoms with Gasteiger partial charge < -0.3 is 15.2 Å². The van der Waals surface area contributed by atoms with Gasteiger partial charge in [-0.15, -0.1) is 0 Å². The normalized spacial score (nSPS) is 11.2. The van der Waals surface area contributed by atoms with E-state index >= 15 is 0 Å². The van der Waals surface area contributed by atoms with Crippen molar-refractivity contribution in [2.24, 2.45) is 5.84 Å². The van der Waals surface area contributed by atoms with Crippen LogP contribution in [0.4, 0.5) is 11.6 Å². The molecule has 1 aromatic heterocycles. The summed E-state index contributed by atoms with van der Waals surface area (Å²) in [6.45, 7) is 6.32. The number of nitrogens with zero attached hydrogens (tertiary/aromatic N) is 4. The minimum absolute atomic E-state index is 0.00526. The molecule has 0 radical (unpaired) electrons. The lowest BCUT2D eigenvalue weighted by Gasteiger charge is -2.23. The van der Waals surface area contributed by atoms with Crippen LogP contribution < -0.4 is 16.2 Å². The fraction of sp³-hybridized carbons (Fsp3) is 0.615. The molecule has 0 bridgehead atoms.